The van der Waals surface area contributed by atoms with Crippen molar-refractivity contribution in [2.45, 2.75) is 78.9 Å². The van der Waals surface area contributed by atoms with Crippen molar-refractivity contribution < 1.29 is 14.3 Å². The SMILES string of the molecule is Cc1cn(CC(=O)c2cc(C(C)(C)C)c(O)c(C(C)(C)C)c2)/c(=N\Cc2ccccc2F)n1Cc1ccccc1. The van der Waals surface area contributed by atoms with Gasteiger partial charge in [-0.2, -0.15) is 0 Å². The Kier molecular flexibility index (Phi) is 8.20. The van der Waals surface area contributed by atoms with Gasteiger partial charge in [0.2, 0.25) is 5.62 Å². The molecule has 0 saturated heterocycles. The Morgan fingerprint density at radius 1 is 0.900 bits per heavy atom. The van der Waals surface area contributed by atoms with Crippen LogP contribution in [0.15, 0.2) is 77.9 Å². The van der Waals surface area contributed by atoms with Crippen molar-refractivity contribution in [3.8, 4) is 5.75 Å². The van der Waals surface area contributed by atoms with E-state index in [2.05, 4.69) is 4.57 Å². The van der Waals surface area contributed by atoms with E-state index >= 15 is 0 Å². The number of phenolic OH excluding ortho intramolecular Hbond substituents is 1. The van der Waals surface area contributed by atoms with Crippen molar-refractivity contribution in [2.75, 3.05) is 0 Å². The molecule has 0 aliphatic heterocycles. The molecule has 4 rings (SSSR count). The molecule has 0 fully saturated rings. The third-order valence-corrected chi connectivity index (χ3v) is 7.16. The number of aromatic nitrogens is 2. The zero-order valence-corrected chi connectivity index (χ0v) is 24.6. The zero-order chi connectivity index (χ0) is 29.2. The number of aryl methyl sites for hydroxylation is 1. The first-order chi connectivity index (χ1) is 18.8. The molecule has 40 heavy (non-hydrogen) atoms. The van der Waals surface area contributed by atoms with Crippen molar-refractivity contribution in [1.29, 1.82) is 0 Å². The van der Waals surface area contributed by atoms with Gasteiger partial charge in [0.05, 0.1) is 19.6 Å². The highest BCUT2D eigenvalue weighted by Gasteiger charge is 2.28. The lowest BCUT2D eigenvalue weighted by molar-refractivity contribution is 0.0970. The molecule has 0 saturated carbocycles. The Hall–Kier alpha value is -3.93. The minimum atomic E-state index is -0.344. The van der Waals surface area contributed by atoms with Crippen LogP contribution < -0.4 is 5.62 Å². The maximum atomic E-state index is 14.4. The number of benzene rings is 3. The summed E-state index contributed by atoms with van der Waals surface area (Å²) in [6.45, 7) is 15.0. The number of nitrogens with zero attached hydrogens (tertiary/aromatic N) is 3. The van der Waals surface area contributed by atoms with Crippen LogP contribution >= 0.6 is 0 Å². The summed E-state index contributed by atoms with van der Waals surface area (Å²) in [6.07, 6.45) is 1.93. The fourth-order valence-electron chi connectivity index (χ4n) is 4.89. The van der Waals surface area contributed by atoms with Gasteiger partial charge in [-0.15, -0.1) is 0 Å². The number of imidazole rings is 1. The van der Waals surface area contributed by atoms with Crippen LogP contribution in [0, 0.1) is 12.7 Å². The molecule has 0 aliphatic rings. The van der Waals surface area contributed by atoms with E-state index < -0.39 is 0 Å². The van der Waals surface area contributed by atoms with Gasteiger partial charge in [-0.1, -0.05) is 90.1 Å². The number of ketones is 1. The summed E-state index contributed by atoms with van der Waals surface area (Å²) < 4.78 is 18.3. The Labute approximate surface area is 236 Å². The van der Waals surface area contributed by atoms with Crippen molar-refractivity contribution >= 4 is 5.78 Å². The number of Topliss-reactive ketones (excluding diaryl/α,β-unsaturated/α-hetero) is 1. The summed E-state index contributed by atoms with van der Waals surface area (Å²) in [7, 11) is 0. The van der Waals surface area contributed by atoms with E-state index in [1.807, 2.05) is 102 Å². The van der Waals surface area contributed by atoms with Gasteiger partial charge in [-0.25, -0.2) is 9.38 Å². The molecule has 0 radical (unpaired) electrons. The highest BCUT2D eigenvalue weighted by Crippen LogP contribution is 2.39. The minimum absolute atomic E-state index is 0.0661. The van der Waals surface area contributed by atoms with Crippen LogP contribution in [0.25, 0.3) is 0 Å². The molecule has 0 spiro atoms. The second kappa shape index (κ2) is 11.3. The third kappa shape index (κ3) is 6.44. The summed E-state index contributed by atoms with van der Waals surface area (Å²) in [4.78, 5) is 18.7. The number of carbonyl (C=O) groups excluding carboxylic acids is 1. The smallest absolute Gasteiger partial charge is 0.206 e. The zero-order valence-electron chi connectivity index (χ0n) is 24.6. The lowest BCUT2D eigenvalue weighted by Gasteiger charge is -2.28. The monoisotopic (exact) mass is 541 g/mol. The number of rotatable bonds is 7. The Balaban J connectivity index is 1.80. The number of carbonyl (C=O) groups is 1. The number of hydrogen-bond acceptors (Lipinski definition) is 3. The predicted molar refractivity (Wildman–Crippen MR) is 158 cm³/mol. The summed E-state index contributed by atoms with van der Waals surface area (Å²) in [6, 6.07) is 20.3. The van der Waals surface area contributed by atoms with Gasteiger partial charge in [-0.3, -0.25) is 4.79 Å². The van der Waals surface area contributed by atoms with E-state index in [1.165, 1.54) is 6.07 Å². The molecule has 210 valence electrons. The van der Waals surface area contributed by atoms with Crippen LogP contribution in [0.4, 0.5) is 4.39 Å². The number of aromatic hydroxyl groups is 1. The molecule has 1 N–H and O–H groups in total. The average Bonchev–Trinajstić information content (AvgIpc) is 3.16. The van der Waals surface area contributed by atoms with Gasteiger partial charge in [0.25, 0.3) is 0 Å². The number of phenols is 1. The fourth-order valence-corrected chi connectivity index (χ4v) is 4.89. The van der Waals surface area contributed by atoms with E-state index in [4.69, 9.17) is 4.99 Å². The predicted octanol–water partition coefficient (Wildman–Crippen LogP) is 7.07. The van der Waals surface area contributed by atoms with Crippen LogP contribution in [0.3, 0.4) is 0 Å². The molecule has 0 aliphatic carbocycles. The van der Waals surface area contributed by atoms with E-state index in [0.29, 0.717) is 23.3 Å². The Bertz CT molecular complexity index is 1550. The number of hydrogen-bond donors (Lipinski definition) is 1. The molecule has 1 heterocycles. The van der Waals surface area contributed by atoms with E-state index in [1.54, 1.807) is 18.2 Å². The summed E-state index contributed by atoms with van der Waals surface area (Å²) >= 11 is 0. The summed E-state index contributed by atoms with van der Waals surface area (Å²) in [5, 5.41) is 11.1. The second-order valence-electron chi connectivity index (χ2n) is 12.5. The van der Waals surface area contributed by atoms with Crippen LogP contribution in [-0.4, -0.2) is 20.0 Å². The normalized spacial score (nSPS) is 12.7. The molecular formula is C34H40FN3O2. The molecule has 0 atom stereocenters. The first kappa shape index (κ1) is 29.1. The average molecular weight is 542 g/mol. The van der Waals surface area contributed by atoms with Crippen LogP contribution in [0.5, 0.6) is 5.75 Å². The van der Waals surface area contributed by atoms with Gasteiger partial charge in [0.1, 0.15) is 11.6 Å². The number of halogens is 1. The van der Waals surface area contributed by atoms with Crippen molar-refractivity contribution in [2.24, 2.45) is 4.99 Å². The maximum absolute atomic E-state index is 14.4. The largest absolute Gasteiger partial charge is 0.507 e. The topological polar surface area (TPSA) is 59.5 Å². The molecular weight excluding hydrogens is 501 g/mol. The van der Waals surface area contributed by atoms with Gasteiger partial charge >= 0.3 is 0 Å². The molecule has 6 heteroatoms. The molecule has 0 amide bonds. The maximum Gasteiger partial charge on any atom is 0.206 e. The van der Waals surface area contributed by atoms with E-state index in [9.17, 15) is 14.3 Å². The lowest BCUT2D eigenvalue weighted by Crippen LogP contribution is -2.30. The highest BCUT2D eigenvalue weighted by atomic mass is 19.1. The van der Waals surface area contributed by atoms with Crippen LogP contribution in [-0.2, 0) is 30.5 Å². The first-order valence-electron chi connectivity index (χ1n) is 13.7. The van der Waals surface area contributed by atoms with Gasteiger partial charge < -0.3 is 14.2 Å². The summed E-state index contributed by atoms with van der Waals surface area (Å²) in [5.74, 6) is -0.143. The van der Waals surface area contributed by atoms with Crippen LogP contribution in [0.1, 0.15) is 79.8 Å². The molecule has 4 aromatic rings. The Morgan fingerprint density at radius 3 is 2.05 bits per heavy atom. The standard InChI is InChI=1S/C34H40FN3O2/c1-23-20-37(22-30(39)26-17-27(33(2,3)4)31(40)28(18-26)34(5,6)7)32(36-19-25-15-11-12-16-29(25)35)38(23)21-24-13-9-8-10-14-24/h8-18,20,40H,19,21-22H2,1-7H3/b36-32+. The van der Waals surface area contributed by atoms with Crippen molar-refractivity contribution in [1.82, 2.24) is 9.13 Å². The highest BCUT2D eigenvalue weighted by molar-refractivity contribution is 5.96. The molecule has 3 aromatic carbocycles. The van der Waals surface area contributed by atoms with Gasteiger partial charge in [0.15, 0.2) is 5.78 Å². The van der Waals surface area contributed by atoms with Crippen molar-refractivity contribution in [3.05, 3.63) is 118 Å². The fraction of sp³-hybridized carbons (Fsp3) is 0.353. The van der Waals surface area contributed by atoms with Gasteiger partial charge in [-0.05, 0) is 41.5 Å². The molecule has 0 bridgehead atoms. The third-order valence-electron chi connectivity index (χ3n) is 7.16. The molecule has 5 nitrogen and oxygen atoms in total. The van der Waals surface area contributed by atoms with Crippen molar-refractivity contribution in [3.63, 3.8) is 0 Å². The molecule has 1 aromatic heterocycles. The molecule has 0 unspecified atom stereocenters. The lowest BCUT2D eigenvalue weighted by atomic mass is 9.78. The summed E-state index contributed by atoms with van der Waals surface area (Å²) in [5.41, 5.74) is 4.50. The quantitative estimate of drug-likeness (QED) is 0.254. The Morgan fingerprint density at radius 2 is 1.48 bits per heavy atom. The van der Waals surface area contributed by atoms with E-state index in [-0.39, 0.29) is 41.3 Å². The van der Waals surface area contributed by atoms with Crippen LogP contribution in [0.2, 0.25) is 0 Å². The second-order valence-corrected chi connectivity index (χ2v) is 12.5. The van der Waals surface area contributed by atoms with E-state index in [0.717, 1.165) is 22.4 Å². The first-order valence-corrected chi connectivity index (χ1v) is 13.7. The van der Waals surface area contributed by atoms with Gasteiger partial charge in [0, 0.05) is 34.1 Å². The minimum Gasteiger partial charge on any atom is -0.507 e.